The molecule has 1 saturated heterocycles. The molecule has 90 valence electrons. The third-order valence-electron chi connectivity index (χ3n) is 2.87. The number of thiazole rings is 1. The summed E-state index contributed by atoms with van der Waals surface area (Å²) in [5.74, 6) is 0. The molecule has 2 aromatic heterocycles. The van der Waals surface area contributed by atoms with Crippen molar-refractivity contribution in [2.45, 2.75) is 6.92 Å². The Labute approximate surface area is 109 Å². The molecule has 0 saturated carbocycles. The lowest BCUT2D eigenvalue weighted by atomic mass is 10.4. The van der Waals surface area contributed by atoms with Crippen molar-refractivity contribution in [3.8, 4) is 10.6 Å². The van der Waals surface area contributed by atoms with Crippen molar-refractivity contribution in [2.75, 3.05) is 31.1 Å². The van der Waals surface area contributed by atoms with Crippen molar-refractivity contribution in [3.63, 3.8) is 0 Å². The van der Waals surface area contributed by atoms with Gasteiger partial charge in [0.25, 0.3) is 0 Å². The van der Waals surface area contributed by atoms with Gasteiger partial charge in [-0.1, -0.05) is 0 Å². The Morgan fingerprint density at radius 3 is 2.82 bits per heavy atom. The van der Waals surface area contributed by atoms with Gasteiger partial charge in [0.2, 0.25) is 0 Å². The van der Waals surface area contributed by atoms with Gasteiger partial charge in [0.15, 0.2) is 5.13 Å². The largest absolute Gasteiger partial charge is 0.346 e. The lowest BCUT2D eigenvalue weighted by Gasteiger charge is -2.26. The minimum atomic E-state index is 1.06. The Morgan fingerprint density at radius 2 is 2.12 bits per heavy atom. The van der Waals surface area contributed by atoms with Gasteiger partial charge in [-0.05, 0) is 19.1 Å². The molecule has 5 heteroatoms. The van der Waals surface area contributed by atoms with E-state index in [9.17, 15) is 0 Å². The molecule has 1 fully saturated rings. The van der Waals surface area contributed by atoms with Crippen molar-refractivity contribution in [3.05, 3.63) is 22.4 Å². The summed E-state index contributed by atoms with van der Waals surface area (Å²) in [4.78, 5) is 9.73. The summed E-state index contributed by atoms with van der Waals surface area (Å²) in [6.45, 7) is 6.39. The van der Waals surface area contributed by atoms with E-state index in [4.69, 9.17) is 4.98 Å². The number of nitrogens with zero attached hydrogens (tertiary/aromatic N) is 2. The summed E-state index contributed by atoms with van der Waals surface area (Å²) >= 11 is 3.57. The summed E-state index contributed by atoms with van der Waals surface area (Å²) in [6, 6.07) is 4.32. The van der Waals surface area contributed by atoms with Gasteiger partial charge in [-0.15, -0.1) is 22.7 Å². The van der Waals surface area contributed by atoms with E-state index in [2.05, 4.69) is 34.7 Å². The number of rotatable bonds is 2. The number of thiophene rings is 1. The van der Waals surface area contributed by atoms with Crippen molar-refractivity contribution in [1.82, 2.24) is 10.3 Å². The smallest absolute Gasteiger partial charge is 0.185 e. The fourth-order valence-corrected chi connectivity index (χ4v) is 3.73. The van der Waals surface area contributed by atoms with E-state index >= 15 is 0 Å². The molecule has 0 aromatic carbocycles. The SMILES string of the molecule is Cc1ccc(-c2csc(N3CCNCC3)n2)s1. The Kier molecular flexibility index (Phi) is 3.13. The molecule has 3 heterocycles. The molecule has 0 bridgehead atoms. The first-order valence-electron chi connectivity index (χ1n) is 5.81. The van der Waals surface area contributed by atoms with Crippen LogP contribution in [0.3, 0.4) is 0 Å². The maximum atomic E-state index is 4.74. The van der Waals surface area contributed by atoms with Gasteiger partial charge < -0.3 is 10.2 Å². The minimum Gasteiger partial charge on any atom is -0.346 e. The Balaban J connectivity index is 1.82. The molecule has 0 unspecified atom stereocenters. The molecule has 0 atom stereocenters. The van der Waals surface area contributed by atoms with Crippen molar-refractivity contribution >= 4 is 27.8 Å². The molecule has 0 radical (unpaired) electrons. The lowest BCUT2D eigenvalue weighted by molar-refractivity contribution is 0.588. The third kappa shape index (κ3) is 2.36. The fourth-order valence-electron chi connectivity index (χ4n) is 1.95. The van der Waals surface area contributed by atoms with Crippen LogP contribution in [-0.4, -0.2) is 31.2 Å². The number of anilines is 1. The molecule has 0 amide bonds. The molecule has 1 aliphatic rings. The summed E-state index contributed by atoms with van der Waals surface area (Å²) in [6.07, 6.45) is 0. The fraction of sp³-hybridized carbons (Fsp3) is 0.417. The normalized spacial score (nSPS) is 16.4. The molecule has 3 rings (SSSR count). The molecule has 2 aromatic rings. The summed E-state index contributed by atoms with van der Waals surface area (Å²) in [5.41, 5.74) is 1.13. The van der Waals surface area contributed by atoms with Crippen LogP contribution in [0.5, 0.6) is 0 Å². The number of piperazine rings is 1. The van der Waals surface area contributed by atoms with Crippen LogP contribution in [0.25, 0.3) is 10.6 Å². The second kappa shape index (κ2) is 4.76. The van der Waals surface area contributed by atoms with Crippen LogP contribution in [0.4, 0.5) is 5.13 Å². The molecule has 17 heavy (non-hydrogen) atoms. The first-order valence-corrected chi connectivity index (χ1v) is 7.50. The van der Waals surface area contributed by atoms with Gasteiger partial charge in [-0.3, -0.25) is 0 Å². The third-order valence-corrected chi connectivity index (χ3v) is 4.80. The Hall–Kier alpha value is -0.910. The van der Waals surface area contributed by atoms with Gasteiger partial charge in [0.05, 0.1) is 10.6 Å². The van der Waals surface area contributed by atoms with E-state index in [0.29, 0.717) is 0 Å². The average Bonchev–Trinajstić information content (AvgIpc) is 2.98. The summed E-state index contributed by atoms with van der Waals surface area (Å²) in [5, 5.41) is 6.69. The van der Waals surface area contributed by atoms with Crippen LogP contribution in [0.1, 0.15) is 4.88 Å². The van der Waals surface area contributed by atoms with Crippen LogP contribution < -0.4 is 10.2 Å². The van der Waals surface area contributed by atoms with Gasteiger partial charge in [-0.25, -0.2) is 4.98 Å². The predicted molar refractivity (Wildman–Crippen MR) is 75.2 cm³/mol. The maximum absolute atomic E-state index is 4.74. The quantitative estimate of drug-likeness (QED) is 0.904. The van der Waals surface area contributed by atoms with Crippen LogP contribution in [0.15, 0.2) is 17.5 Å². The van der Waals surface area contributed by atoms with Gasteiger partial charge >= 0.3 is 0 Å². The highest BCUT2D eigenvalue weighted by molar-refractivity contribution is 7.17. The maximum Gasteiger partial charge on any atom is 0.185 e. The number of aromatic nitrogens is 1. The molecule has 0 spiro atoms. The number of nitrogens with one attached hydrogen (secondary N) is 1. The highest BCUT2D eigenvalue weighted by atomic mass is 32.1. The molecular weight excluding hydrogens is 250 g/mol. The van der Waals surface area contributed by atoms with E-state index in [1.165, 1.54) is 9.75 Å². The van der Waals surface area contributed by atoms with E-state index in [0.717, 1.165) is 37.0 Å². The monoisotopic (exact) mass is 265 g/mol. The van der Waals surface area contributed by atoms with E-state index in [-0.39, 0.29) is 0 Å². The highest BCUT2D eigenvalue weighted by Crippen LogP contribution is 2.31. The van der Waals surface area contributed by atoms with E-state index < -0.39 is 0 Å². The van der Waals surface area contributed by atoms with Crippen molar-refractivity contribution < 1.29 is 0 Å². The number of aryl methyl sites for hydroxylation is 1. The zero-order chi connectivity index (χ0) is 11.7. The number of hydrogen-bond donors (Lipinski definition) is 1. The summed E-state index contributed by atoms with van der Waals surface area (Å²) in [7, 11) is 0. The van der Waals surface area contributed by atoms with Crippen LogP contribution in [0.2, 0.25) is 0 Å². The van der Waals surface area contributed by atoms with Crippen LogP contribution in [0, 0.1) is 6.92 Å². The van der Waals surface area contributed by atoms with Crippen molar-refractivity contribution in [1.29, 1.82) is 0 Å². The van der Waals surface area contributed by atoms with E-state index in [1.54, 1.807) is 11.3 Å². The van der Waals surface area contributed by atoms with Gasteiger partial charge in [0.1, 0.15) is 0 Å². The predicted octanol–water partition coefficient (Wildman–Crippen LogP) is 2.59. The lowest BCUT2D eigenvalue weighted by Crippen LogP contribution is -2.43. The Bertz CT molecular complexity index is 497. The second-order valence-corrected chi connectivity index (χ2v) is 6.29. The van der Waals surface area contributed by atoms with Crippen LogP contribution >= 0.6 is 22.7 Å². The first kappa shape index (κ1) is 11.2. The molecule has 0 aliphatic carbocycles. The highest BCUT2D eigenvalue weighted by Gasteiger charge is 2.14. The Morgan fingerprint density at radius 1 is 1.29 bits per heavy atom. The summed E-state index contributed by atoms with van der Waals surface area (Å²) < 4.78 is 0. The van der Waals surface area contributed by atoms with E-state index in [1.807, 2.05) is 11.3 Å². The average molecular weight is 265 g/mol. The molecule has 1 aliphatic heterocycles. The zero-order valence-corrected chi connectivity index (χ0v) is 11.4. The minimum absolute atomic E-state index is 1.06. The van der Waals surface area contributed by atoms with Crippen LogP contribution in [-0.2, 0) is 0 Å². The molecular formula is C12H15N3S2. The zero-order valence-electron chi connectivity index (χ0n) is 9.77. The number of hydrogen-bond acceptors (Lipinski definition) is 5. The standard InChI is InChI=1S/C12H15N3S2/c1-9-2-3-11(17-9)10-8-16-12(14-10)15-6-4-13-5-7-15/h2-3,8,13H,4-7H2,1H3. The molecule has 3 nitrogen and oxygen atoms in total. The molecule has 1 N–H and O–H groups in total. The van der Waals surface area contributed by atoms with Gasteiger partial charge in [0, 0.05) is 36.4 Å². The first-order chi connectivity index (χ1) is 8.33. The van der Waals surface area contributed by atoms with Crippen molar-refractivity contribution in [2.24, 2.45) is 0 Å². The van der Waals surface area contributed by atoms with Gasteiger partial charge in [-0.2, -0.15) is 0 Å². The second-order valence-electron chi connectivity index (χ2n) is 4.16. The topological polar surface area (TPSA) is 28.2 Å².